The lowest BCUT2D eigenvalue weighted by atomic mass is 9.70. The number of benzene rings is 2. The maximum absolute atomic E-state index is 10.8. The van der Waals surface area contributed by atoms with Crippen molar-refractivity contribution in [2.75, 3.05) is 0 Å². The summed E-state index contributed by atoms with van der Waals surface area (Å²) in [6.07, 6.45) is 4.87. The summed E-state index contributed by atoms with van der Waals surface area (Å²) in [5, 5.41) is 10.8. The molecule has 1 saturated carbocycles. The Morgan fingerprint density at radius 1 is 0.826 bits per heavy atom. The van der Waals surface area contributed by atoms with Gasteiger partial charge in [-0.25, -0.2) is 0 Å². The van der Waals surface area contributed by atoms with Gasteiger partial charge in [-0.1, -0.05) is 55.0 Å². The molecule has 120 valence electrons. The molecule has 2 aromatic carbocycles. The molecular weight excluding hydrogens is 282 g/mol. The number of aliphatic hydroxyl groups is 1. The van der Waals surface area contributed by atoms with Crippen molar-refractivity contribution in [1.82, 2.24) is 0 Å². The summed E-state index contributed by atoms with van der Waals surface area (Å²) in [5.41, 5.74) is 11.9. The summed E-state index contributed by atoms with van der Waals surface area (Å²) < 4.78 is 0. The highest BCUT2D eigenvalue weighted by Gasteiger charge is 2.38. The Morgan fingerprint density at radius 3 is 2.00 bits per heavy atom. The van der Waals surface area contributed by atoms with Crippen LogP contribution >= 0.6 is 0 Å². The molecule has 0 saturated heterocycles. The fourth-order valence-electron chi connectivity index (χ4n) is 4.64. The molecule has 1 unspecified atom stereocenters. The second-order valence-electron chi connectivity index (χ2n) is 7.12. The fourth-order valence-corrected chi connectivity index (χ4v) is 4.64. The van der Waals surface area contributed by atoms with E-state index < -0.39 is 6.10 Å². The van der Waals surface area contributed by atoms with Crippen LogP contribution in [0.25, 0.3) is 0 Å². The molecule has 0 radical (unpaired) electrons. The normalized spacial score (nSPS) is 27.8. The van der Waals surface area contributed by atoms with Gasteiger partial charge in [0.1, 0.15) is 0 Å². The van der Waals surface area contributed by atoms with Gasteiger partial charge < -0.3 is 10.8 Å². The van der Waals surface area contributed by atoms with E-state index in [1.807, 2.05) is 0 Å². The first-order valence-corrected chi connectivity index (χ1v) is 8.85. The molecule has 2 nitrogen and oxygen atoms in total. The Labute approximate surface area is 138 Å². The van der Waals surface area contributed by atoms with Gasteiger partial charge in [0.25, 0.3) is 0 Å². The molecule has 0 amide bonds. The molecule has 2 aliphatic carbocycles. The minimum atomic E-state index is -0.409. The minimum absolute atomic E-state index is 0.0867. The number of hydrogen-bond donors (Lipinski definition) is 2. The van der Waals surface area contributed by atoms with E-state index in [2.05, 4.69) is 48.5 Å². The molecule has 3 atom stereocenters. The Bertz CT molecular complexity index is 648. The zero-order valence-corrected chi connectivity index (χ0v) is 13.5. The first-order chi connectivity index (χ1) is 11.3. The quantitative estimate of drug-likeness (QED) is 0.848. The van der Waals surface area contributed by atoms with E-state index in [0.717, 1.165) is 32.1 Å². The van der Waals surface area contributed by atoms with Crippen molar-refractivity contribution in [3.63, 3.8) is 0 Å². The number of aryl methyl sites for hydroxylation is 2. The van der Waals surface area contributed by atoms with E-state index in [-0.39, 0.29) is 17.9 Å². The lowest BCUT2D eigenvalue weighted by Crippen LogP contribution is -2.45. The summed E-state index contributed by atoms with van der Waals surface area (Å²) in [6, 6.07) is 17.5. The van der Waals surface area contributed by atoms with Crippen molar-refractivity contribution in [2.45, 2.75) is 50.2 Å². The molecule has 0 bridgehead atoms. The zero-order valence-electron chi connectivity index (χ0n) is 13.5. The van der Waals surface area contributed by atoms with Crippen LogP contribution in [0.5, 0.6) is 0 Å². The second kappa shape index (κ2) is 6.10. The Kier molecular flexibility index (Phi) is 3.96. The SMILES string of the molecule is N[C@@H]1CCCC(C2c3ccccc3CCc3ccccc32)[C@H]1O. The molecule has 3 N–H and O–H groups in total. The van der Waals surface area contributed by atoms with E-state index in [1.54, 1.807) is 0 Å². The minimum Gasteiger partial charge on any atom is -0.391 e. The van der Waals surface area contributed by atoms with Crippen LogP contribution < -0.4 is 5.73 Å². The maximum atomic E-state index is 10.8. The van der Waals surface area contributed by atoms with Crippen LogP contribution in [0.15, 0.2) is 48.5 Å². The molecular formula is C21H25NO. The number of nitrogens with two attached hydrogens (primary N) is 1. The summed E-state index contributed by atoms with van der Waals surface area (Å²) in [7, 11) is 0. The molecule has 4 rings (SSSR count). The third kappa shape index (κ3) is 2.60. The third-order valence-electron chi connectivity index (χ3n) is 5.82. The van der Waals surface area contributed by atoms with E-state index in [0.29, 0.717) is 0 Å². The highest BCUT2D eigenvalue weighted by Crippen LogP contribution is 2.44. The molecule has 0 spiro atoms. The molecule has 0 aliphatic heterocycles. The number of aliphatic hydroxyl groups excluding tert-OH is 1. The van der Waals surface area contributed by atoms with Crippen molar-refractivity contribution in [1.29, 1.82) is 0 Å². The average molecular weight is 307 g/mol. The standard InChI is InChI=1S/C21H25NO/c22-19-11-5-10-18(21(19)23)20-16-8-3-1-6-14(16)12-13-15-7-2-4-9-17(15)20/h1-4,6-9,18-21,23H,5,10-13,22H2/t18?,19-,21-/m1/s1. The van der Waals surface area contributed by atoms with Crippen LogP contribution in [-0.2, 0) is 12.8 Å². The van der Waals surface area contributed by atoms with Crippen LogP contribution in [0.3, 0.4) is 0 Å². The van der Waals surface area contributed by atoms with Crippen molar-refractivity contribution in [2.24, 2.45) is 11.7 Å². The molecule has 0 aromatic heterocycles. The Balaban J connectivity index is 1.86. The summed E-state index contributed by atoms with van der Waals surface area (Å²) in [4.78, 5) is 0. The van der Waals surface area contributed by atoms with Crippen LogP contribution in [0, 0.1) is 5.92 Å². The molecule has 2 aliphatic rings. The predicted molar refractivity (Wildman–Crippen MR) is 93.5 cm³/mol. The van der Waals surface area contributed by atoms with Gasteiger partial charge in [-0.2, -0.15) is 0 Å². The first-order valence-electron chi connectivity index (χ1n) is 8.85. The van der Waals surface area contributed by atoms with Crippen LogP contribution in [0.2, 0.25) is 0 Å². The third-order valence-corrected chi connectivity index (χ3v) is 5.82. The van der Waals surface area contributed by atoms with Crippen LogP contribution in [0.1, 0.15) is 47.4 Å². The van der Waals surface area contributed by atoms with Crippen molar-refractivity contribution in [3.05, 3.63) is 70.8 Å². The topological polar surface area (TPSA) is 46.2 Å². The van der Waals surface area contributed by atoms with Gasteiger partial charge in [0, 0.05) is 12.0 Å². The van der Waals surface area contributed by atoms with Crippen molar-refractivity contribution >= 4 is 0 Å². The summed E-state index contributed by atoms with van der Waals surface area (Å²) in [5.74, 6) is 0.491. The zero-order chi connectivity index (χ0) is 15.8. The lowest BCUT2D eigenvalue weighted by molar-refractivity contribution is 0.0433. The number of hydrogen-bond acceptors (Lipinski definition) is 2. The highest BCUT2D eigenvalue weighted by atomic mass is 16.3. The van der Waals surface area contributed by atoms with Crippen LogP contribution in [0.4, 0.5) is 0 Å². The van der Waals surface area contributed by atoms with E-state index in [1.165, 1.54) is 22.3 Å². The van der Waals surface area contributed by atoms with Gasteiger partial charge in [0.2, 0.25) is 0 Å². The monoisotopic (exact) mass is 307 g/mol. The predicted octanol–water partition coefficient (Wildman–Crippen LogP) is 3.41. The van der Waals surface area contributed by atoms with Gasteiger partial charge in [0.05, 0.1) is 6.10 Å². The Hall–Kier alpha value is -1.64. The number of fused-ring (bicyclic) bond motifs is 2. The van der Waals surface area contributed by atoms with E-state index in [9.17, 15) is 5.11 Å². The van der Waals surface area contributed by atoms with Gasteiger partial charge in [-0.05, 0) is 53.9 Å². The van der Waals surface area contributed by atoms with Gasteiger partial charge >= 0.3 is 0 Å². The van der Waals surface area contributed by atoms with Crippen LogP contribution in [-0.4, -0.2) is 17.3 Å². The van der Waals surface area contributed by atoms with Gasteiger partial charge in [-0.3, -0.25) is 0 Å². The maximum Gasteiger partial charge on any atom is 0.0728 e. The lowest BCUT2D eigenvalue weighted by Gasteiger charge is -2.39. The van der Waals surface area contributed by atoms with Crippen molar-refractivity contribution in [3.8, 4) is 0 Å². The smallest absolute Gasteiger partial charge is 0.0728 e. The second-order valence-corrected chi connectivity index (χ2v) is 7.12. The van der Waals surface area contributed by atoms with Gasteiger partial charge in [0.15, 0.2) is 0 Å². The van der Waals surface area contributed by atoms with Gasteiger partial charge in [-0.15, -0.1) is 0 Å². The fraction of sp³-hybridized carbons (Fsp3) is 0.429. The molecule has 1 fully saturated rings. The summed E-state index contributed by atoms with van der Waals surface area (Å²) in [6.45, 7) is 0. The Morgan fingerprint density at radius 2 is 1.39 bits per heavy atom. The largest absolute Gasteiger partial charge is 0.391 e. The van der Waals surface area contributed by atoms with E-state index in [4.69, 9.17) is 5.73 Å². The summed E-state index contributed by atoms with van der Waals surface area (Å²) >= 11 is 0. The molecule has 2 heteroatoms. The average Bonchev–Trinajstić information content (AvgIpc) is 2.75. The molecule has 0 heterocycles. The first kappa shape index (κ1) is 14.9. The molecule has 23 heavy (non-hydrogen) atoms. The van der Waals surface area contributed by atoms with Crippen molar-refractivity contribution < 1.29 is 5.11 Å². The molecule has 2 aromatic rings. The number of rotatable bonds is 1. The highest BCUT2D eigenvalue weighted by molar-refractivity contribution is 5.45. The van der Waals surface area contributed by atoms with E-state index >= 15 is 0 Å².